The Labute approximate surface area is 214 Å². The van der Waals surface area contributed by atoms with E-state index in [-0.39, 0.29) is 37.1 Å². The zero-order chi connectivity index (χ0) is 27.8. The zero-order valence-corrected chi connectivity index (χ0v) is 20.0. The van der Waals surface area contributed by atoms with Crippen molar-refractivity contribution in [1.82, 2.24) is 24.8 Å². The van der Waals surface area contributed by atoms with Gasteiger partial charge in [0, 0.05) is 6.54 Å². The largest absolute Gasteiger partial charge is 0.480 e. The number of ether oxygens (including phenoxy) is 2. The van der Waals surface area contributed by atoms with E-state index in [9.17, 15) is 30.0 Å². The van der Waals surface area contributed by atoms with Crippen LogP contribution in [0.15, 0.2) is 17.5 Å². The second-order valence-electron chi connectivity index (χ2n) is 9.06. The summed E-state index contributed by atoms with van der Waals surface area (Å²) in [5.74, 6) is -2.67. The van der Waals surface area contributed by atoms with Gasteiger partial charge in [-0.15, -0.1) is 0 Å². The number of aromatic nitrogens is 4. The predicted molar refractivity (Wildman–Crippen MR) is 128 cm³/mol. The molecule has 0 aromatic carbocycles. The molecule has 38 heavy (non-hydrogen) atoms. The van der Waals surface area contributed by atoms with E-state index in [1.165, 1.54) is 17.1 Å². The maximum atomic E-state index is 12.7. The predicted octanol–water partition coefficient (Wildman–Crippen LogP) is -4.89. The summed E-state index contributed by atoms with van der Waals surface area (Å²) >= 11 is 0. The van der Waals surface area contributed by atoms with E-state index in [1.807, 2.05) is 0 Å². The van der Waals surface area contributed by atoms with Gasteiger partial charge in [0.25, 0.3) is 0 Å². The van der Waals surface area contributed by atoms with Gasteiger partial charge >= 0.3 is 5.97 Å². The van der Waals surface area contributed by atoms with Crippen molar-refractivity contribution in [2.45, 2.75) is 61.2 Å². The summed E-state index contributed by atoms with van der Waals surface area (Å²) < 4.78 is 12.8. The van der Waals surface area contributed by atoms with Crippen LogP contribution < -0.4 is 28.3 Å². The Bertz CT molecular complexity index is 1220. The van der Waals surface area contributed by atoms with Crippen molar-refractivity contribution in [2.24, 2.45) is 22.2 Å². The summed E-state index contributed by atoms with van der Waals surface area (Å²) in [5, 5.41) is 45.2. The number of hydrogen-bond acceptors (Lipinski definition) is 13. The first kappa shape index (κ1) is 27.4. The van der Waals surface area contributed by atoms with E-state index < -0.39 is 60.2 Å². The maximum absolute atomic E-state index is 12.7. The molecule has 2 aromatic heterocycles. The minimum absolute atomic E-state index is 0.0983. The molecule has 0 bridgehead atoms. The molecule has 2 aliphatic rings. The lowest BCUT2D eigenvalue weighted by Crippen LogP contribution is -2.71. The lowest BCUT2D eigenvalue weighted by molar-refractivity contribution is -0.286. The van der Waals surface area contributed by atoms with Crippen LogP contribution in [0.5, 0.6) is 0 Å². The number of hydrogen-bond donors (Lipinski definition) is 9. The van der Waals surface area contributed by atoms with Crippen LogP contribution >= 0.6 is 0 Å². The molecule has 0 radical (unpaired) electrons. The van der Waals surface area contributed by atoms with E-state index >= 15 is 0 Å². The molecule has 2 fully saturated rings. The van der Waals surface area contributed by atoms with Gasteiger partial charge in [0.05, 0.1) is 25.2 Å². The molecule has 18 nitrogen and oxygen atoms in total. The van der Waals surface area contributed by atoms with Crippen LogP contribution in [0.2, 0.25) is 0 Å². The summed E-state index contributed by atoms with van der Waals surface area (Å²) in [6.07, 6.45) is -5.06. The van der Waals surface area contributed by atoms with Crippen molar-refractivity contribution >= 4 is 34.9 Å². The highest BCUT2D eigenvalue weighted by atomic mass is 16.6. The summed E-state index contributed by atoms with van der Waals surface area (Å²) in [6.45, 7) is -0.184. The summed E-state index contributed by atoms with van der Waals surface area (Å²) in [4.78, 5) is 40.9. The van der Waals surface area contributed by atoms with Crippen LogP contribution in [0, 0.1) is 0 Å². The number of nitrogen functional groups attached to an aromatic ring is 1. The number of imidazole rings is 1. The normalized spacial score (nSPS) is 30.4. The molecule has 4 rings (SSSR count). The number of anilines is 1. The number of nitrogens with one attached hydrogen (secondary N) is 1. The van der Waals surface area contributed by atoms with E-state index in [0.29, 0.717) is 11.9 Å². The molecule has 0 aliphatic carbocycles. The molecular formula is C20H30N10O8. The highest BCUT2D eigenvalue weighted by molar-refractivity contribution is 5.87. The molecule has 8 unspecified atom stereocenters. The van der Waals surface area contributed by atoms with Gasteiger partial charge in [-0.2, -0.15) is 4.98 Å². The number of carbonyl (C=O) groups excluding carboxylic acids is 1. The van der Waals surface area contributed by atoms with Crippen molar-refractivity contribution in [2.75, 3.05) is 18.9 Å². The number of carbonyl (C=O) groups is 2. The van der Waals surface area contributed by atoms with Crippen LogP contribution in [0.3, 0.4) is 0 Å². The Kier molecular flexibility index (Phi) is 7.63. The highest BCUT2D eigenvalue weighted by Gasteiger charge is 2.65. The summed E-state index contributed by atoms with van der Waals surface area (Å²) in [6, 6.07) is -3.04. The van der Waals surface area contributed by atoms with Gasteiger partial charge in [-0.05, 0) is 12.8 Å². The lowest BCUT2D eigenvalue weighted by atomic mass is 9.79. The number of guanidine groups is 1. The first-order valence-corrected chi connectivity index (χ1v) is 11.6. The van der Waals surface area contributed by atoms with Crippen LogP contribution in [0.1, 0.15) is 19.1 Å². The number of rotatable bonds is 9. The molecule has 0 spiro atoms. The van der Waals surface area contributed by atoms with Gasteiger partial charge in [-0.25, -0.2) is 14.8 Å². The second-order valence-corrected chi connectivity index (χ2v) is 9.06. The fourth-order valence-electron chi connectivity index (χ4n) is 4.59. The fraction of sp³-hybridized carbons (Fsp3) is 0.600. The number of aliphatic imine (C=N–C) groups is 1. The number of nitrogens with zero attached hydrogens (tertiary/aromatic N) is 5. The quantitative estimate of drug-likeness (QED) is 0.0820. The van der Waals surface area contributed by atoms with Crippen molar-refractivity contribution in [3.8, 4) is 0 Å². The third-order valence-electron chi connectivity index (χ3n) is 6.57. The smallest absolute Gasteiger partial charge is 0.329 e. The number of aliphatic hydroxyl groups excluding tert-OH is 2. The maximum Gasteiger partial charge on any atom is 0.329 e. The second kappa shape index (κ2) is 10.6. The number of aliphatic hydroxyl groups is 3. The standard InChI is InChI=1S/C20H30N10O8/c21-7(2-1-3-25-18(22)23)15(33)28-10(17(34)35)11-12(32)20(36)9(31)5-37-13(20)16(38-11)30-6-27-8-4-26-19(24)29-14(8)30/h4,6-7,9-13,16,31-32,36H,1-3,5,21H2,(H,28,33)(H,34,35)(H4,22,23,25)(H2,24,26,29). The average Bonchev–Trinajstić information content (AvgIpc) is 3.41. The molecule has 0 saturated carbocycles. The number of aliphatic carboxylic acids is 1. The van der Waals surface area contributed by atoms with Crippen LogP contribution in [-0.2, 0) is 19.1 Å². The van der Waals surface area contributed by atoms with Crippen molar-refractivity contribution in [3.63, 3.8) is 0 Å². The molecular weight excluding hydrogens is 508 g/mol. The Hall–Kier alpha value is -3.68. The topological polar surface area (TPSA) is 306 Å². The molecule has 208 valence electrons. The Morgan fingerprint density at radius 2 is 2.05 bits per heavy atom. The number of nitrogens with two attached hydrogens (primary N) is 4. The SMILES string of the molecule is NC(N)=NCCCC(N)C(=O)NC(C(=O)O)C1OC(n2cnc3cnc(N)nc32)C2OCC(O)C2(O)C1O. The Balaban J connectivity index is 1.62. The van der Waals surface area contributed by atoms with E-state index in [1.54, 1.807) is 0 Å². The van der Waals surface area contributed by atoms with Crippen LogP contribution in [-0.4, -0.2) is 113 Å². The lowest BCUT2D eigenvalue weighted by Gasteiger charge is -2.48. The Morgan fingerprint density at radius 3 is 2.74 bits per heavy atom. The number of fused-ring (bicyclic) bond motifs is 2. The monoisotopic (exact) mass is 538 g/mol. The number of carboxylic acid groups (broad SMARTS) is 1. The highest BCUT2D eigenvalue weighted by Crippen LogP contribution is 2.44. The third-order valence-corrected chi connectivity index (χ3v) is 6.57. The Morgan fingerprint density at radius 1 is 1.32 bits per heavy atom. The van der Waals surface area contributed by atoms with Gasteiger partial charge in [-0.1, -0.05) is 0 Å². The summed E-state index contributed by atoms with van der Waals surface area (Å²) in [7, 11) is 0. The van der Waals surface area contributed by atoms with Gasteiger partial charge in [0.15, 0.2) is 29.5 Å². The first-order valence-electron chi connectivity index (χ1n) is 11.6. The minimum atomic E-state index is -2.39. The van der Waals surface area contributed by atoms with Crippen LogP contribution in [0.4, 0.5) is 5.95 Å². The first-order chi connectivity index (χ1) is 17.9. The molecule has 2 saturated heterocycles. The van der Waals surface area contributed by atoms with E-state index in [0.717, 1.165) is 0 Å². The molecule has 1 amide bonds. The average molecular weight is 539 g/mol. The van der Waals surface area contributed by atoms with Crippen LogP contribution in [0.25, 0.3) is 11.2 Å². The number of carboxylic acids is 1. The van der Waals surface area contributed by atoms with Gasteiger partial charge in [0.1, 0.15) is 29.9 Å². The fourth-order valence-corrected chi connectivity index (χ4v) is 4.59. The molecule has 2 aromatic rings. The third kappa shape index (κ3) is 4.91. The minimum Gasteiger partial charge on any atom is -0.480 e. The zero-order valence-electron chi connectivity index (χ0n) is 20.0. The van der Waals surface area contributed by atoms with Crippen molar-refractivity contribution < 1.29 is 39.5 Å². The van der Waals surface area contributed by atoms with E-state index in [2.05, 4.69) is 25.3 Å². The van der Waals surface area contributed by atoms with Crippen molar-refractivity contribution in [3.05, 3.63) is 12.5 Å². The molecule has 8 atom stereocenters. The van der Waals surface area contributed by atoms with Gasteiger partial charge in [0.2, 0.25) is 11.9 Å². The molecule has 18 heteroatoms. The van der Waals surface area contributed by atoms with Gasteiger partial charge < -0.3 is 58.2 Å². The molecule has 2 aliphatic heterocycles. The number of amides is 1. The van der Waals surface area contributed by atoms with Gasteiger partial charge in [-0.3, -0.25) is 14.4 Å². The summed E-state index contributed by atoms with van der Waals surface area (Å²) in [5.41, 5.74) is 20.2. The van der Waals surface area contributed by atoms with Crippen molar-refractivity contribution in [1.29, 1.82) is 0 Å². The van der Waals surface area contributed by atoms with E-state index in [4.69, 9.17) is 32.4 Å². The molecule has 13 N–H and O–H groups in total. The molecule has 4 heterocycles.